The standard InChI is InChI=1S/C14H16N2O.C3H8/c1-2-3-9-16-14(17)12-6-4-8-13-11(12)7-5-10-15-13;1-3-2/h4-8,10H,2-3,9H2,1H3,(H,16,17);3H2,1-2H3. The molecule has 1 aromatic carbocycles. The molecule has 3 nitrogen and oxygen atoms in total. The number of aromatic nitrogens is 1. The SMILES string of the molecule is CCC.CCCCNC(=O)c1cccc2ncccc12. The number of carbonyl (C=O) groups excluding carboxylic acids is 1. The van der Waals surface area contributed by atoms with Crippen molar-refractivity contribution in [1.82, 2.24) is 10.3 Å². The maximum absolute atomic E-state index is 12.0. The zero-order valence-corrected chi connectivity index (χ0v) is 12.6. The summed E-state index contributed by atoms with van der Waals surface area (Å²) in [6, 6.07) is 9.40. The number of unbranched alkanes of at least 4 members (excludes halogenated alkanes) is 1. The molecule has 0 aliphatic rings. The number of nitrogens with zero attached hydrogens (tertiary/aromatic N) is 1. The van der Waals surface area contributed by atoms with Gasteiger partial charge in [0.15, 0.2) is 0 Å². The third-order valence-electron chi connectivity index (χ3n) is 2.71. The van der Waals surface area contributed by atoms with Gasteiger partial charge in [0.1, 0.15) is 0 Å². The van der Waals surface area contributed by atoms with Gasteiger partial charge in [-0.15, -0.1) is 0 Å². The Hall–Kier alpha value is -1.90. The van der Waals surface area contributed by atoms with Crippen LogP contribution in [0, 0.1) is 0 Å². The number of carbonyl (C=O) groups is 1. The van der Waals surface area contributed by atoms with E-state index in [1.54, 1.807) is 6.20 Å². The minimum atomic E-state index is -0.0166. The van der Waals surface area contributed by atoms with Crippen LogP contribution in [0.5, 0.6) is 0 Å². The molecule has 0 aliphatic carbocycles. The van der Waals surface area contributed by atoms with Crippen molar-refractivity contribution in [3.05, 3.63) is 42.1 Å². The van der Waals surface area contributed by atoms with E-state index in [4.69, 9.17) is 0 Å². The Morgan fingerprint density at radius 3 is 2.60 bits per heavy atom. The van der Waals surface area contributed by atoms with Crippen LogP contribution in [0.4, 0.5) is 0 Å². The summed E-state index contributed by atoms with van der Waals surface area (Å²) in [6.45, 7) is 7.08. The van der Waals surface area contributed by atoms with Crippen molar-refractivity contribution in [2.75, 3.05) is 6.54 Å². The van der Waals surface area contributed by atoms with Gasteiger partial charge in [0.2, 0.25) is 0 Å². The topological polar surface area (TPSA) is 42.0 Å². The van der Waals surface area contributed by atoms with Crippen molar-refractivity contribution < 1.29 is 4.79 Å². The van der Waals surface area contributed by atoms with Crippen LogP contribution in [0.3, 0.4) is 0 Å². The van der Waals surface area contributed by atoms with Crippen molar-refractivity contribution >= 4 is 16.8 Å². The molecule has 1 aromatic heterocycles. The van der Waals surface area contributed by atoms with Crippen LogP contribution in [0.25, 0.3) is 10.9 Å². The van der Waals surface area contributed by atoms with E-state index in [2.05, 4.69) is 31.1 Å². The van der Waals surface area contributed by atoms with Crippen LogP contribution in [0.2, 0.25) is 0 Å². The van der Waals surface area contributed by atoms with E-state index in [1.165, 1.54) is 6.42 Å². The highest BCUT2D eigenvalue weighted by molar-refractivity contribution is 6.06. The highest BCUT2D eigenvalue weighted by atomic mass is 16.1. The summed E-state index contributed by atoms with van der Waals surface area (Å²) in [7, 11) is 0. The largest absolute Gasteiger partial charge is 0.352 e. The average molecular weight is 272 g/mol. The van der Waals surface area contributed by atoms with Gasteiger partial charge in [0.25, 0.3) is 5.91 Å². The van der Waals surface area contributed by atoms with Gasteiger partial charge in [0, 0.05) is 23.7 Å². The second-order valence-corrected chi connectivity index (χ2v) is 4.69. The van der Waals surface area contributed by atoms with E-state index < -0.39 is 0 Å². The predicted octanol–water partition coefficient (Wildman–Crippen LogP) is 4.18. The molecule has 0 unspecified atom stereocenters. The smallest absolute Gasteiger partial charge is 0.251 e. The third kappa shape index (κ3) is 4.65. The molecule has 3 heteroatoms. The first-order chi connectivity index (χ1) is 9.74. The lowest BCUT2D eigenvalue weighted by atomic mass is 10.1. The maximum Gasteiger partial charge on any atom is 0.251 e. The van der Waals surface area contributed by atoms with E-state index in [1.807, 2.05) is 30.3 Å². The lowest BCUT2D eigenvalue weighted by Gasteiger charge is -2.06. The summed E-state index contributed by atoms with van der Waals surface area (Å²) < 4.78 is 0. The Bertz CT molecular complexity index is 532. The molecular weight excluding hydrogens is 248 g/mol. The van der Waals surface area contributed by atoms with Crippen molar-refractivity contribution in [2.45, 2.75) is 40.0 Å². The molecule has 1 amide bonds. The Balaban J connectivity index is 0.000000612. The quantitative estimate of drug-likeness (QED) is 0.848. The summed E-state index contributed by atoms with van der Waals surface area (Å²) in [5.41, 5.74) is 1.56. The Morgan fingerprint density at radius 1 is 1.15 bits per heavy atom. The van der Waals surface area contributed by atoms with E-state index in [0.29, 0.717) is 5.56 Å². The van der Waals surface area contributed by atoms with Crippen molar-refractivity contribution in [3.8, 4) is 0 Å². The molecular formula is C17H24N2O. The molecule has 1 heterocycles. The number of hydrogen-bond acceptors (Lipinski definition) is 2. The molecule has 108 valence electrons. The molecule has 0 spiro atoms. The number of benzene rings is 1. The Labute approximate surface area is 121 Å². The zero-order valence-electron chi connectivity index (χ0n) is 12.6. The van der Waals surface area contributed by atoms with Crippen molar-refractivity contribution in [3.63, 3.8) is 0 Å². The monoisotopic (exact) mass is 272 g/mol. The highest BCUT2D eigenvalue weighted by Crippen LogP contribution is 2.16. The molecule has 0 aliphatic heterocycles. The second-order valence-electron chi connectivity index (χ2n) is 4.69. The molecule has 2 aromatic rings. The minimum Gasteiger partial charge on any atom is -0.352 e. The molecule has 0 bridgehead atoms. The fourth-order valence-electron chi connectivity index (χ4n) is 1.78. The molecule has 0 radical (unpaired) electrons. The van der Waals surface area contributed by atoms with Gasteiger partial charge in [0.05, 0.1) is 5.52 Å². The minimum absolute atomic E-state index is 0.0166. The number of pyridine rings is 1. The predicted molar refractivity (Wildman–Crippen MR) is 84.9 cm³/mol. The lowest BCUT2D eigenvalue weighted by Crippen LogP contribution is -2.24. The number of hydrogen-bond donors (Lipinski definition) is 1. The second kappa shape index (κ2) is 9.08. The van der Waals surface area contributed by atoms with Gasteiger partial charge in [-0.25, -0.2) is 0 Å². The summed E-state index contributed by atoms with van der Waals surface area (Å²) >= 11 is 0. The summed E-state index contributed by atoms with van der Waals surface area (Å²) in [5, 5.41) is 3.83. The average Bonchev–Trinajstić information content (AvgIpc) is 2.47. The number of fused-ring (bicyclic) bond motifs is 1. The highest BCUT2D eigenvalue weighted by Gasteiger charge is 2.08. The van der Waals surface area contributed by atoms with Crippen LogP contribution in [0.15, 0.2) is 36.5 Å². The Kier molecular flexibility index (Phi) is 7.33. The number of nitrogens with one attached hydrogen (secondary N) is 1. The zero-order chi connectivity index (χ0) is 14.8. The van der Waals surface area contributed by atoms with Gasteiger partial charge in [-0.3, -0.25) is 9.78 Å². The van der Waals surface area contributed by atoms with Crippen LogP contribution < -0.4 is 5.32 Å². The molecule has 0 saturated carbocycles. The first-order valence-corrected chi connectivity index (χ1v) is 7.36. The fraction of sp³-hybridized carbons (Fsp3) is 0.412. The molecule has 1 N–H and O–H groups in total. The van der Waals surface area contributed by atoms with Crippen LogP contribution in [-0.2, 0) is 0 Å². The molecule has 0 saturated heterocycles. The van der Waals surface area contributed by atoms with Gasteiger partial charge in [-0.2, -0.15) is 0 Å². The lowest BCUT2D eigenvalue weighted by molar-refractivity contribution is 0.0955. The molecule has 2 rings (SSSR count). The van der Waals surface area contributed by atoms with E-state index in [-0.39, 0.29) is 5.91 Å². The maximum atomic E-state index is 12.0. The number of amides is 1. The molecule has 20 heavy (non-hydrogen) atoms. The first kappa shape index (κ1) is 16.2. The Morgan fingerprint density at radius 2 is 1.90 bits per heavy atom. The van der Waals surface area contributed by atoms with E-state index >= 15 is 0 Å². The van der Waals surface area contributed by atoms with Gasteiger partial charge in [-0.1, -0.05) is 45.7 Å². The van der Waals surface area contributed by atoms with Gasteiger partial charge >= 0.3 is 0 Å². The molecule has 0 atom stereocenters. The van der Waals surface area contributed by atoms with Crippen LogP contribution >= 0.6 is 0 Å². The molecule has 0 fully saturated rings. The van der Waals surface area contributed by atoms with Crippen LogP contribution in [-0.4, -0.2) is 17.4 Å². The van der Waals surface area contributed by atoms with Gasteiger partial charge in [-0.05, 0) is 24.6 Å². The summed E-state index contributed by atoms with van der Waals surface area (Å²) in [6.07, 6.45) is 5.08. The fourth-order valence-corrected chi connectivity index (χ4v) is 1.78. The van der Waals surface area contributed by atoms with Crippen molar-refractivity contribution in [1.29, 1.82) is 0 Å². The summed E-state index contributed by atoms with van der Waals surface area (Å²) in [5.74, 6) is -0.0166. The number of rotatable bonds is 4. The van der Waals surface area contributed by atoms with Gasteiger partial charge < -0.3 is 5.32 Å². The van der Waals surface area contributed by atoms with E-state index in [0.717, 1.165) is 30.3 Å². The van der Waals surface area contributed by atoms with Crippen molar-refractivity contribution in [2.24, 2.45) is 0 Å². The first-order valence-electron chi connectivity index (χ1n) is 7.36. The van der Waals surface area contributed by atoms with Crippen LogP contribution in [0.1, 0.15) is 50.4 Å². The normalized spacial score (nSPS) is 9.75. The van der Waals surface area contributed by atoms with E-state index in [9.17, 15) is 4.79 Å². The summed E-state index contributed by atoms with van der Waals surface area (Å²) in [4.78, 5) is 16.2. The third-order valence-corrected chi connectivity index (χ3v) is 2.71.